The lowest BCUT2D eigenvalue weighted by atomic mass is 9.92. The second kappa shape index (κ2) is 5.70. The van der Waals surface area contributed by atoms with Gasteiger partial charge in [-0.3, -0.25) is 4.79 Å². The summed E-state index contributed by atoms with van der Waals surface area (Å²) in [6.45, 7) is 5.44. The number of carbonyl (C=O) groups excluding carboxylic acids is 1. The summed E-state index contributed by atoms with van der Waals surface area (Å²) in [4.78, 5) is 11.7. The molecular weight excluding hydrogens is 316 g/mol. The van der Waals surface area contributed by atoms with E-state index in [0.717, 1.165) is 5.56 Å². The van der Waals surface area contributed by atoms with Gasteiger partial charge in [-0.05, 0) is 24.6 Å². The van der Waals surface area contributed by atoms with Gasteiger partial charge in [0.05, 0.1) is 5.54 Å². The summed E-state index contributed by atoms with van der Waals surface area (Å²) < 4.78 is -2.02. The van der Waals surface area contributed by atoms with E-state index in [4.69, 9.17) is 46.4 Å². The molecule has 0 aliphatic rings. The first-order valence-electron chi connectivity index (χ1n) is 4.98. The summed E-state index contributed by atoms with van der Waals surface area (Å²) in [5.74, 6) is -0.718. The molecule has 0 radical (unpaired) electrons. The maximum absolute atomic E-state index is 11.7. The highest BCUT2D eigenvalue weighted by Gasteiger charge is 2.36. The fraction of sp³-hybridized carbons (Fsp3) is 0.250. The van der Waals surface area contributed by atoms with Crippen LogP contribution in [0.2, 0.25) is 5.02 Å². The predicted octanol–water partition coefficient (Wildman–Crippen LogP) is 4.23. The van der Waals surface area contributed by atoms with Crippen molar-refractivity contribution in [1.82, 2.24) is 5.32 Å². The molecular formula is C12H11Cl4NO. The van der Waals surface area contributed by atoms with Crippen LogP contribution in [0.5, 0.6) is 0 Å². The van der Waals surface area contributed by atoms with Crippen LogP contribution in [0.15, 0.2) is 36.9 Å². The van der Waals surface area contributed by atoms with Crippen LogP contribution in [0.25, 0.3) is 0 Å². The lowest BCUT2D eigenvalue weighted by molar-refractivity contribution is -0.121. The standard InChI is InChI=1S/C12H11Cl4NO/c1-3-11(2,17-10(18)12(14,15)16)8-4-6-9(13)7-5-8/h3-7H,1H2,2H3,(H,17,18). The summed E-state index contributed by atoms with van der Waals surface area (Å²) in [6.07, 6.45) is 1.56. The third kappa shape index (κ3) is 3.79. The van der Waals surface area contributed by atoms with Gasteiger partial charge in [0.2, 0.25) is 0 Å². The van der Waals surface area contributed by atoms with E-state index in [-0.39, 0.29) is 0 Å². The van der Waals surface area contributed by atoms with Gasteiger partial charge in [-0.2, -0.15) is 0 Å². The number of hydrogen-bond donors (Lipinski definition) is 1. The summed E-state index contributed by atoms with van der Waals surface area (Å²) in [5.41, 5.74) is -0.0597. The van der Waals surface area contributed by atoms with Crippen LogP contribution in [0, 0.1) is 0 Å². The van der Waals surface area contributed by atoms with Crippen molar-refractivity contribution in [1.29, 1.82) is 0 Å². The van der Waals surface area contributed by atoms with Crippen LogP contribution in [-0.2, 0) is 10.3 Å². The molecule has 98 valence electrons. The quantitative estimate of drug-likeness (QED) is 0.653. The molecule has 1 N–H and O–H groups in total. The van der Waals surface area contributed by atoms with Crippen molar-refractivity contribution >= 4 is 52.3 Å². The second-order valence-corrected chi connectivity index (χ2v) is 6.58. The van der Waals surface area contributed by atoms with E-state index in [9.17, 15) is 4.79 Å². The van der Waals surface area contributed by atoms with Crippen molar-refractivity contribution in [2.24, 2.45) is 0 Å². The van der Waals surface area contributed by atoms with E-state index in [1.165, 1.54) is 0 Å². The Hall–Kier alpha value is -0.410. The monoisotopic (exact) mass is 325 g/mol. The van der Waals surface area contributed by atoms with Crippen molar-refractivity contribution in [3.8, 4) is 0 Å². The molecule has 0 heterocycles. The number of alkyl halides is 3. The molecule has 1 rings (SSSR count). The minimum Gasteiger partial charge on any atom is -0.340 e. The highest BCUT2D eigenvalue weighted by molar-refractivity contribution is 6.76. The van der Waals surface area contributed by atoms with Gasteiger partial charge >= 0.3 is 0 Å². The van der Waals surface area contributed by atoms with Crippen molar-refractivity contribution in [2.45, 2.75) is 16.3 Å². The van der Waals surface area contributed by atoms with Gasteiger partial charge in [0, 0.05) is 5.02 Å². The molecule has 0 fully saturated rings. The van der Waals surface area contributed by atoms with Crippen molar-refractivity contribution in [3.63, 3.8) is 0 Å². The van der Waals surface area contributed by atoms with E-state index < -0.39 is 15.2 Å². The Morgan fingerprint density at radius 3 is 2.17 bits per heavy atom. The Bertz CT molecular complexity index is 452. The van der Waals surface area contributed by atoms with E-state index >= 15 is 0 Å². The van der Waals surface area contributed by atoms with Crippen molar-refractivity contribution in [2.75, 3.05) is 0 Å². The molecule has 1 aromatic rings. The zero-order valence-electron chi connectivity index (χ0n) is 9.51. The normalized spacial score (nSPS) is 14.7. The van der Waals surface area contributed by atoms with E-state index in [1.807, 2.05) is 0 Å². The van der Waals surface area contributed by atoms with Gasteiger partial charge < -0.3 is 5.32 Å². The third-order valence-electron chi connectivity index (χ3n) is 2.48. The van der Waals surface area contributed by atoms with E-state index in [2.05, 4.69) is 11.9 Å². The van der Waals surface area contributed by atoms with Crippen LogP contribution in [-0.4, -0.2) is 9.70 Å². The fourth-order valence-electron chi connectivity index (χ4n) is 1.34. The zero-order valence-corrected chi connectivity index (χ0v) is 12.5. The number of carbonyl (C=O) groups is 1. The van der Waals surface area contributed by atoms with Gasteiger partial charge in [-0.15, -0.1) is 6.58 Å². The maximum Gasteiger partial charge on any atom is 0.273 e. The van der Waals surface area contributed by atoms with Gasteiger partial charge in [-0.25, -0.2) is 0 Å². The zero-order chi connectivity index (χ0) is 14.0. The Morgan fingerprint density at radius 1 is 1.28 bits per heavy atom. The maximum atomic E-state index is 11.7. The molecule has 0 aliphatic carbocycles. The molecule has 0 aromatic heterocycles. The van der Waals surface area contributed by atoms with E-state index in [0.29, 0.717) is 5.02 Å². The molecule has 0 aliphatic heterocycles. The molecule has 2 nitrogen and oxygen atoms in total. The van der Waals surface area contributed by atoms with Crippen LogP contribution >= 0.6 is 46.4 Å². The average Bonchev–Trinajstić information content (AvgIpc) is 2.28. The van der Waals surface area contributed by atoms with Gasteiger partial charge in [0.25, 0.3) is 9.70 Å². The van der Waals surface area contributed by atoms with Crippen LogP contribution in [0.1, 0.15) is 12.5 Å². The number of halogens is 4. The molecule has 1 unspecified atom stereocenters. The lowest BCUT2D eigenvalue weighted by Crippen LogP contribution is -2.46. The molecule has 0 spiro atoms. The smallest absolute Gasteiger partial charge is 0.273 e. The number of rotatable bonds is 3. The number of nitrogens with one attached hydrogen (secondary N) is 1. The summed E-state index contributed by atoms with van der Waals surface area (Å²) in [7, 11) is 0. The molecule has 0 saturated heterocycles. The minimum atomic E-state index is -2.02. The molecule has 18 heavy (non-hydrogen) atoms. The van der Waals surface area contributed by atoms with Gasteiger partial charge in [0.1, 0.15) is 0 Å². The topological polar surface area (TPSA) is 29.1 Å². The lowest BCUT2D eigenvalue weighted by Gasteiger charge is -2.29. The molecule has 1 atom stereocenters. The van der Waals surface area contributed by atoms with Crippen molar-refractivity contribution < 1.29 is 4.79 Å². The highest BCUT2D eigenvalue weighted by Crippen LogP contribution is 2.30. The third-order valence-corrected chi connectivity index (χ3v) is 3.25. The molecule has 0 saturated carbocycles. The number of amides is 1. The van der Waals surface area contributed by atoms with Gasteiger partial charge in [0.15, 0.2) is 0 Å². The number of hydrogen-bond acceptors (Lipinski definition) is 1. The Kier molecular flexibility index (Phi) is 4.96. The van der Waals surface area contributed by atoms with Crippen LogP contribution < -0.4 is 5.32 Å². The van der Waals surface area contributed by atoms with Crippen LogP contribution in [0.3, 0.4) is 0 Å². The molecule has 0 bridgehead atoms. The van der Waals surface area contributed by atoms with Crippen LogP contribution in [0.4, 0.5) is 0 Å². The van der Waals surface area contributed by atoms with Crippen molar-refractivity contribution in [3.05, 3.63) is 47.5 Å². The highest BCUT2D eigenvalue weighted by atomic mass is 35.6. The average molecular weight is 327 g/mol. The summed E-state index contributed by atoms with van der Waals surface area (Å²) in [6, 6.07) is 6.95. The Morgan fingerprint density at radius 2 is 1.78 bits per heavy atom. The molecule has 6 heteroatoms. The van der Waals surface area contributed by atoms with E-state index in [1.54, 1.807) is 37.3 Å². The minimum absolute atomic E-state index is 0.595. The molecule has 1 aromatic carbocycles. The predicted molar refractivity (Wildman–Crippen MR) is 77.4 cm³/mol. The first kappa shape index (κ1) is 15.6. The SMILES string of the molecule is C=CC(C)(NC(=O)C(Cl)(Cl)Cl)c1ccc(Cl)cc1. The fourth-order valence-corrected chi connectivity index (χ4v) is 1.61. The van der Waals surface area contributed by atoms with Gasteiger partial charge in [-0.1, -0.05) is 64.6 Å². The Labute approximate surface area is 126 Å². The Balaban J connectivity index is 3.03. The first-order chi connectivity index (χ1) is 8.19. The first-order valence-corrected chi connectivity index (χ1v) is 6.49. The number of benzene rings is 1. The second-order valence-electron chi connectivity index (χ2n) is 3.87. The summed E-state index contributed by atoms with van der Waals surface area (Å²) >= 11 is 22.4. The molecule has 1 amide bonds. The summed E-state index contributed by atoms with van der Waals surface area (Å²) in [5, 5.41) is 3.22. The largest absolute Gasteiger partial charge is 0.340 e.